The lowest BCUT2D eigenvalue weighted by Gasteiger charge is -2.26. The zero-order valence-electron chi connectivity index (χ0n) is 19.4. The number of benzene rings is 3. The molecule has 3 aromatic carbocycles. The van der Waals surface area contributed by atoms with E-state index in [0.29, 0.717) is 33.9 Å². The average molecular weight is 476 g/mol. The van der Waals surface area contributed by atoms with E-state index in [-0.39, 0.29) is 18.4 Å². The Hall–Kier alpha value is -4.37. The number of nitrogens with zero attached hydrogens (tertiary/aromatic N) is 2. The summed E-state index contributed by atoms with van der Waals surface area (Å²) in [6, 6.07) is 20.5. The molecule has 0 fully saturated rings. The first-order chi connectivity index (χ1) is 17.0. The predicted molar refractivity (Wildman–Crippen MR) is 125 cm³/mol. The van der Waals surface area contributed by atoms with Gasteiger partial charge in [0.1, 0.15) is 0 Å². The van der Waals surface area contributed by atoms with E-state index in [9.17, 15) is 9.90 Å². The summed E-state index contributed by atoms with van der Waals surface area (Å²) in [6.07, 6.45) is 0. The van der Waals surface area contributed by atoms with Gasteiger partial charge in [-0.3, -0.25) is 0 Å². The van der Waals surface area contributed by atoms with Crippen LogP contribution in [0.25, 0.3) is 11.5 Å². The molecule has 180 valence electrons. The summed E-state index contributed by atoms with van der Waals surface area (Å²) >= 11 is 0. The number of esters is 1. The van der Waals surface area contributed by atoms with Crippen molar-refractivity contribution in [2.45, 2.75) is 12.2 Å². The molecule has 0 atom stereocenters. The summed E-state index contributed by atoms with van der Waals surface area (Å²) in [5, 5.41) is 19.5. The van der Waals surface area contributed by atoms with Gasteiger partial charge in [0, 0.05) is 5.56 Å². The second-order valence-corrected chi connectivity index (χ2v) is 7.43. The van der Waals surface area contributed by atoms with E-state index in [4.69, 9.17) is 23.4 Å². The first kappa shape index (κ1) is 23.8. The molecule has 0 radical (unpaired) electrons. The van der Waals surface area contributed by atoms with Crippen LogP contribution in [0.5, 0.6) is 17.2 Å². The Morgan fingerprint density at radius 3 is 1.89 bits per heavy atom. The molecule has 35 heavy (non-hydrogen) atoms. The minimum absolute atomic E-state index is 0.0468. The van der Waals surface area contributed by atoms with Crippen LogP contribution in [-0.4, -0.2) is 42.6 Å². The third-order valence-corrected chi connectivity index (χ3v) is 5.38. The van der Waals surface area contributed by atoms with Crippen molar-refractivity contribution in [3.63, 3.8) is 0 Å². The first-order valence-corrected chi connectivity index (χ1v) is 10.6. The lowest BCUT2D eigenvalue weighted by atomic mass is 9.86. The largest absolute Gasteiger partial charge is 0.493 e. The average Bonchev–Trinajstić information content (AvgIpc) is 3.40. The van der Waals surface area contributed by atoms with Crippen LogP contribution in [0, 0.1) is 0 Å². The Balaban J connectivity index is 1.57. The van der Waals surface area contributed by atoms with Crippen LogP contribution in [0.15, 0.2) is 77.2 Å². The van der Waals surface area contributed by atoms with Crippen LogP contribution in [0.3, 0.4) is 0 Å². The van der Waals surface area contributed by atoms with Crippen molar-refractivity contribution in [3.8, 4) is 28.7 Å². The number of aliphatic hydroxyl groups is 1. The van der Waals surface area contributed by atoms with Gasteiger partial charge in [-0.25, -0.2) is 4.79 Å². The zero-order valence-corrected chi connectivity index (χ0v) is 19.4. The van der Waals surface area contributed by atoms with E-state index < -0.39 is 11.6 Å². The molecule has 1 aromatic heterocycles. The third-order valence-electron chi connectivity index (χ3n) is 5.38. The van der Waals surface area contributed by atoms with Crippen molar-refractivity contribution in [2.75, 3.05) is 21.3 Å². The monoisotopic (exact) mass is 476 g/mol. The van der Waals surface area contributed by atoms with E-state index in [1.807, 2.05) is 0 Å². The van der Waals surface area contributed by atoms with Gasteiger partial charge in [-0.15, -0.1) is 10.2 Å². The number of aromatic nitrogens is 2. The van der Waals surface area contributed by atoms with Crippen LogP contribution in [-0.2, 0) is 21.7 Å². The SMILES string of the molecule is COc1cc(-c2nnc(COC(=O)C(O)(c3ccccc3)c3ccccc3)o2)cc(OC)c1OC. The maximum absolute atomic E-state index is 13.1. The summed E-state index contributed by atoms with van der Waals surface area (Å²) < 4.78 is 27.1. The molecular formula is C26H24N2O7. The Morgan fingerprint density at radius 2 is 1.40 bits per heavy atom. The molecule has 0 spiro atoms. The summed E-state index contributed by atoms with van der Waals surface area (Å²) in [5.41, 5.74) is -0.739. The lowest BCUT2D eigenvalue weighted by molar-refractivity contribution is -0.164. The van der Waals surface area contributed by atoms with Gasteiger partial charge in [-0.05, 0) is 23.3 Å². The molecule has 9 heteroatoms. The van der Waals surface area contributed by atoms with E-state index in [1.165, 1.54) is 21.3 Å². The normalized spacial score (nSPS) is 11.1. The molecule has 0 aliphatic carbocycles. The Labute approximate surface area is 201 Å². The predicted octanol–water partition coefficient (Wildman–Crippen LogP) is 3.74. The van der Waals surface area contributed by atoms with E-state index >= 15 is 0 Å². The number of carbonyl (C=O) groups is 1. The summed E-state index contributed by atoms with van der Waals surface area (Å²) in [5.74, 6) is 0.603. The van der Waals surface area contributed by atoms with Crippen molar-refractivity contribution in [1.29, 1.82) is 0 Å². The topological polar surface area (TPSA) is 113 Å². The highest BCUT2D eigenvalue weighted by atomic mass is 16.6. The Morgan fingerprint density at radius 1 is 0.857 bits per heavy atom. The molecule has 9 nitrogen and oxygen atoms in total. The van der Waals surface area contributed by atoms with Crippen molar-refractivity contribution < 1.29 is 33.3 Å². The number of ether oxygens (including phenoxy) is 4. The van der Waals surface area contributed by atoms with E-state index in [2.05, 4.69) is 10.2 Å². The van der Waals surface area contributed by atoms with Gasteiger partial charge in [0.2, 0.25) is 17.2 Å². The fourth-order valence-corrected chi connectivity index (χ4v) is 3.63. The highest BCUT2D eigenvalue weighted by molar-refractivity contribution is 5.85. The lowest BCUT2D eigenvalue weighted by Crippen LogP contribution is -2.38. The minimum atomic E-state index is -2.01. The summed E-state index contributed by atoms with van der Waals surface area (Å²) in [6.45, 7) is -0.335. The molecule has 1 heterocycles. The molecule has 0 amide bonds. The molecule has 0 saturated heterocycles. The van der Waals surface area contributed by atoms with Crippen LogP contribution in [0.2, 0.25) is 0 Å². The van der Waals surface area contributed by atoms with Crippen molar-refractivity contribution in [2.24, 2.45) is 0 Å². The molecular weight excluding hydrogens is 452 g/mol. The van der Waals surface area contributed by atoms with Crippen LogP contribution in [0.4, 0.5) is 0 Å². The van der Waals surface area contributed by atoms with Gasteiger partial charge in [0.25, 0.3) is 5.89 Å². The molecule has 4 rings (SSSR count). The van der Waals surface area contributed by atoms with Gasteiger partial charge in [0.15, 0.2) is 18.1 Å². The zero-order chi connectivity index (χ0) is 24.8. The fourth-order valence-electron chi connectivity index (χ4n) is 3.63. The second kappa shape index (κ2) is 10.3. The van der Waals surface area contributed by atoms with Crippen molar-refractivity contribution >= 4 is 5.97 Å². The molecule has 4 aromatic rings. The van der Waals surface area contributed by atoms with Gasteiger partial charge >= 0.3 is 5.97 Å². The summed E-state index contributed by atoms with van der Waals surface area (Å²) in [7, 11) is 4.51. The number of hydrogen-bond acceptors (Lipinski definition) is 9. The molecule has 0 unspecified atom stereocenters. The van der Waals surface area contributed by atoms with Crippen LogP contribution in [0.1, 0.15) is 17.0 Å². The van der Waals surface area contributed by atoms with Crippen LogP contribution < -0.4 is 14.2 Å². The minimum Gasteiger partial charge on any atom is -0.493 e. The van der Waals surface area contributed by atoms with Gasteiger partial charge in [-0.2, -0.15) is 0 Å². The molecule has 0 aliphatic heterocycles. The number of carbonyl (C=O) groups excluding carboxylic acids is 1. The van der Waals surface area contributed by atoms with Gasteiger partial charge in [0.05, 0.1) is 21.3 Å². The molecule has 0 bridgehead atoms. The fraction of sp³-hybridized carbons (Fsp3) is 0.192. The molecule has 1 N–H and O–H groups in total. The third kappa shape index (κ3) is 4.67. The van der Waals surface area contributed by atoms with Crippen molar-refractivity contribution in [3.05, 3.63) is 89.8 Å². The highest BCUT2D eigenvalue weighted by Gasteiger charge is 2.41. The summed E-state index contributed by atoms with van der Waals surface area (Å²) in [4.78, 5) is 13.1. The quantitative estimate of drug-likeness (QED) is 0.361. The standard InChI is InChI=1S/C26H24N2O7/c1-31-20-14-17(15-21(32-2)23(20)33-3)24-28-27-22(35-24)16-34-25(29)26(30,18-10-6-4-7-11-18)19-12-8-5-9-13-19/h4-15,30H,16H2,1-3H3. The number of hydrogen-bond donors (Lipinski definition) is 1. The van der Waals surface area contributed by atoms with Gasteiger partial charge < -0.3 is 28.5 Å². The second-order valence-electron chi connectivity index (χ2n) is 7.43. The van der Waals surface area contributed by atoms with E-state index in [0.717, 1.165) is 0 Å². The number of methoxy groups -OCH3 is 3. The molecule has 0 saturated carbocycles. The maximum Gasteiger partial charge on any atom is 0.348 e. The Kier molecular flexibility index (Phi) is 6.98. The maximum atomic E-state index is 13.1. The van der Waals surface area contributed by atoms with Gasteiger partial charge in [-0.1, -0.05) is 60.7 Å². The smallest absolute Gasteiger partial charge is 0.348 e. The highest BCUT2D eigenvalue weighted by Crippen LogP contribution is 2.41. The van der Waals surface area contributed by atoms with E-state index in [1.54, 1.807) is 72.8 Å². The molecule has 0 aliphatic rings. The van der Waals surface area contributed by atoms with Crippen molar-refractivity contribution in [1.82, 2.24) is 10.2 Å². The number of rotatable bonds is 9. The Bertz CT molecular complexity index is 1230. The first-order valence-electron chi connectivity index (χ1n) is 10.6. The van der Waals surface area contributed by atoms with Crippen LogP contribution >= 0.6 is 0 Å².